The molecule has 8 nitrogen and oxygen atoms in total. The lowest BCUT2D eigenvalue weighted by molar-refractivity contribution is 0.0601. The van der Waals surface area contributed by atoms with Gasteiger partial charge < -0.3 is 23.9 Å². The van der Waals surface area contributed by atoms with Crippen molar-refractivity contribution in [3.63, 3.8) is 0 Å². The molecule has 2 aromatic heterocycles. The number of carbonyl (C=O) groups is 1. The molecular weight excluding hydrogens is 466 g/mol. The number of aryl methyl sites for hydroxylation is 2. The summed E-state index contributed by atoms with van der Waals surface area (Å²) in [5.74, 6) is 1.97. The van der Waals surface area contributed by atoms with Crippen LogP contribution in [0.15, 0.2) is 36.4 Å². The first kappa shape index (κ1) is 26.7. The number of fused-ring (bicyclic) bond motifs is 2. The van der Waals surface area contributed by atoms with Crippen molar-refractivity contribution in [1.29, 1.82) is 0 Å². The van der Waals surface area contributed by atoms with Crippen LogP contribution in [0.25, 0.3) is 33.5 Å². The lowest BCUT2D eigenvalue weighted by Gasteiger charge is -2.14. The van der Waals surface area contributed by atoms with Gasteiger partial charge in [-0.1, -0.05) is 33.3 Å². The Hall–Kier alpha value is -3.39. The maximum atomic E-state index is 12.2. The number of ether oxygens (including phenoxy) is 2. The normalized spacial score (nSPS) is 11.6. The molecule has 0 fully saturated rings. The molecule has 0 saturated carbocycles. The van der Waals surface area contributed by atoms with Crippen molar-refractivity contribution in [2.24, 2.45) is 5.92 Å². The maximum Gasteiger partial charge on any atom is 0.337 e. The molecular formula is C29H39N5O3. The number of aromatic nitrogens is 4. The number of unbranched alkanes of at least 4 members (excludes halogenated alkanes) is 1. The van der Waals surface area contributed by atoms with Crippen molar-refractivity contribution in [2.45, 2.75) is 59.5 Å². The Labute approximate surface area is 219 Å². The molecule has 0 radical (unpaired) electrons. The lowest BCUT2D eigenvalue weighted by Crippen LogP contribution is -2.11. The SMILES string of the molecule is CCCCn1c(NCCCOC)nc2cccc(-c3nc4cc(C(=O)OC)ccc4n3CCC(C)C)c21. The lowest BCUT2D eigenvalue weighted by atomic mass is 10.1. The van der Waals surface area contributed by atoms with Crippen LogP contribution in [0, 0.1) is 5.92 Å². The summed E-state index contributed by atoms with van der Waals surface area (Å²) < 4.78 is 14.7. The van der Waals surface area contributed by atoms with Gasteiger partial charge in [-0.15, -0.1) is 0 Å². The van der Waals surface area contributed by atoms with Crippen molar-refractivity contribution in [2.75, 3.05) is 32.7 Å². The van der Waals surface area contributed by atoms with E-state index in [1.165, 1.54) is 7.11 Å². The van der Waals surface area contributed by atoms with E-state index in [0.717, 1.165) is 84.7 Å². The molecule has 0 amide bonds. The molecule has 0 aliphatic heterocycles. The molecule has 8 heteroatoms. The number of esters is 1. The zero-order valence-corrected chi connectivity index (χ0v) is 22.7. The predicted molar refractivity (Wildman–Crippen MR) is 149 cm³/mol. The van der Waals surface area contributed by atoms with Gasteiger partial charge in [0.05, 0.1) is 34.7 Å². The fraction of sp³-hybridized carbons (Fsp3) is 0.483. The summed E-state index contributed by atoms with van der Waals surface area (Å²) in [6.07, 6.45) is 4.08. The Morgan fingerprint density at radius 1 is 1.03 bits per heavy atom. The van der Waals surface area contributed by atoms with Crippen LogP contribution in [0.4, 0.5) is 5.95 Å². The fourth-order valence-corrected chi connectivity index (χ4v) is 4.65. The zero-order valence-electron chi connectivity index (χ0n) is 22.7. The Bertz CT molecular complexity index is 1350. The molecule has 0 aliphatic carbocycles. The molecule has 4 aromatic rings. The van der Waals surface area contributed by atoms with Gasteiger partial charge in [0.25, 0.3) is 0 Å². The van der Waals surface area contributed by atoms with Crippen molar-refractivity contribution in [3.8, 4) is 11.4 Å². The largest absolute Gasteiger partial charge is 0.465 e. The second kappa shape index (κ2) is 12.2. The fourth-order valence-electron chi connectivity index (χ4n) is 4.65. The molecule has 0 spiro atoms. The molecule has 1 N–H and O–H groups in total. The van der Waals surface area contributed by atoms with Gasteiger partial charge in [0.15, 0.2) is 0 Å². The molecule has 0 saturated heterocycles. The third-order valence-electron chi connectivity index (χ3n) is 6.65. The van der Waals surface area contributed by atoms with E-state index in [9.17, 15) is 4.79 Å². The van der Waals surface area contributed by atoms with E-state index in [0.29, 0.717) is 18.1 Å². The van der Waals surface area contributed by atoms with E-state index in [1.54, 1.807) is 7.11 Å². The number of nitrogens with one attached hydrogen (secondary N) is 1. The molecule has 0 bridgehead atoms. The molecule has 2 heterocycles. The Morgan fingerprint density at radius 3 is 2.59 bits per heavy atom. The highest BCUT2D eigenvalue weighted by Gasteiger charge is 2.21. The number of nitrogens with zero attached hydrogens (tertiary/aromatic N) is 4. The Kier molecular flexibility index (Phi) is 8.82. The van der Waals surface area contributed by atoms with E-state index >= 15 is 0 Å². The monoisotopic (exact) mass is 505 g/mol. The number of benzene rings is 2. The number of hydrogen-bond donors (Lipinski definition) is 1. The van der Waals surface area contributed by atoms with E-state index < -0.39 is 0 Å². The van der Waals surface area contributed by atoms with Crippen molar-refractivity contribution >= 4 is 34.0 Å². The van der Waals surface area contributed by atoms with Gasteiger partial charge in [-0.2, -0.15) is 0 Å². The van der Waals surface area contributed by atoms with Crippen LogP contribution in [0.3, 0.4) is 0 Å². The standard InChI is InChI=1S/C29H39N5O3/c1-6-7-16-34-26-22(10-8-11-23(26)32-29(34)30-15-9-18-36-4)27-31-24-19-21(28(35)37-5)12-13-25(24)33(27)17-14-20(2)3/h8,10-13,19-20H,6-7,9,14-18H2,1-5H3,(H,30,32). The highest BCUT2D eigenvalue weighted by atomic mass is 16.5. The van der Waals surface area contributed by atoms with Gasteiger partial charge in [0.1, 0.15) is 5.82 Å². The zero-order chi connectivity index (χ0) is 26.4. The van der Waals surface area contributed by atoms with Crippen LogP contribution in [-0.2, 0) is 22.6 Å². The molecule has 198 valence electrons. The van der Waals surface area contributed by atoms with Crippen LogP contribution < -0.4 is 5.32 Å². The van der Waals surface area contributed by atoms with Crippen LogP contribution in [0.1, 0.15) is 56.8 Å². The Morgan fingerprint density at radius 2 is 1.86 bits per heavy atom. The smallest absolute Gasteiger partial charge is 0.337 e. The topological polar surface area (TPSA) is 83.2 Å². The van der Waals surface area contributed by atoms with Crippen LogP contribution in [0.2, 0.25) is 0 Å². The van der Waals surface area contributed by atoms with Crippen molar-refractivity contribution < 1.29 is 14.3 Å². The summed E-state index contributed by atoms with van der Waals surface area (Å²) >= 11 is 0. The van der Waals surface area contributed by atoms with E-state index in [1.807, 2.05) is 18.2 Å². The number of anilines is 1. The first-order valence-electron chi connectivity index (χ1n) is 13.3. The summed E-state index contributed by atoms with van der Waals surface area (Å²) in [6, 6.07) is 11.9. The molecule has 4 rings (SSSR count). The first-order chi connectivity index (χ1) is 18.0. The van der Waals surface area contributed by atoms with Gasteiger partial charge in [0.2, 0.25) is 5.95 Å². The minimum atomic E-state index is -0.357. The molecule has 0 aliphatic rings. The minimum absolute atomic E-state index is 0.357. The highest BCUT2D eigenvalue weighted by molar-refractivity contribution is 5.97. The summed E-state index contributed by atoms with van der Waals surface area (Å²) in [6.45, 7) is 9.88. The van der Waals surface area contributed by atoms with E-state index in [4.69, 9.17) is 19.4 Å². The van der Waals surface area contributed by atoms with Gasteiger partial charge in [-0.25, -0.2) is 14.8 Å². The first-order valence-corrected chi connectivity index (χ1v) is 13.3. The number of hydrogen-bond acceptors (Lipinski definition) is 6. The predicted octanol–water partition coefficient (Wildman–Crippen LogP) is 6.13. The van der Waals surface area contributed by atoms with Crippen molar-refractivity contribution in [1.82, 2.24) is 19.1 Å². The van der Waals surface area contributed by atoms with Crippen molar-refractivity contribution in [3.05, 3.63) is 42.0 Å². The molecule has 0 unspecified atom stereocenters. The second-order valence-electron chi connectivity index (χ2n) is 9.85. The van der Waals surface area contributed by atoms with Gasteiger partial charge in [0, 0.05) is 38.9 Å². The van der Waals surface area contributed by atoms with Crippen LogP contribution in [-0.4, -0.2) is 52.4 Å². The highest BCUT2D eigenvalue weighted by Crippen LogP contribution is 2.34. The number of methoxy groups -OCH3 is 2. The van der Waals surface area contributed by atoms with Gasteiger partial charge in [-0.3, -0.25) is 0 Å². The van der Waals surface area contributed by atoms with Gasteiger partial charge in [-0.05, 0) is 55.5 Å². The quantitative estimate of drug-likeness (QED) is 0.174. The third-order valence-corrected chi connectivity index (χ3v) is 6.65. The average Bonchev–Trinajstić information content (AvgIpc) is 3.45. The third kappa shape index (κ3) is 5.80. The van der Waals surface area contributed by atoms with E-state index in [2.05, 4.69) is 53.4 Å². The number of rotatable bonds is 13. The van der Waals surface area contributed by atoms with Crippen LogP contribution >= 0.6 is 0 Å². The minimum Gasteiger partial charge on any atom is -0.465 e. The Balaban J connectivity index is 1.88. The summed E-state index contributed by atoms with van der Waals surface area (Å²) in [7, 11) is 3.13. The maximum absolute atomic E-state index is 12.2. The average molecular weight is 506 g/mol. The van der Waals surface area contributed by atoms with E-state index in [-0.39, 0.29) is 5.97 Å². The number of imidazole rings is 2. The number of para-hydroxylation sites is 1. The molecule has 37 heavy (non-hydrogen) atoms. The van der Waals surface area contributed by atoms with Crippen LogP contribution in [0.5, 0.6) is 0 Å². The van der Waals surface area contributed by atoms with Gasteiger partial charge >= 0.3 is 5.97 Å². The molecule has 0 atom stereocenters. The molecule has 2 aromatic carbocycles. The summed E-state index contributed by atoms with van der Waals surface area (Å²) in [5.41, 5.74) is 5.38. The number of carbonyl (C=O) groups excluding carboxylic acids is 1. The summed E-state index contributed by atoms with van der Waals surface area (Å²) in [4.78, 5) is 22.3. The second-order valence-corrected chi connectivity index (χ2v) is 9.85. The summed E-state index contributed by atoms with van der Waals surface area (Å²) in [5, 5.41) is 3.53.